The number of amides is 1. The molecule has 2 aromatic heterocycles. The Morgan fingerprint density at radius 2 is 1.76 bits per heavy atom. The zero-order valence-corrected chi connectivity index (χ0v) is 22.1. The summed E-state index contributed by atoms with van der Waals surface area (Å²) in [5.41, 5.74) is 0.814. The van der Waals surface area contributed by atoms with E-state index in [9.17, 15) is 21.6 Å². The van der Waals surface area contributed by atoms with E-state index in [1.54, 1.807) is 42.6 Å². The second-order valence-corrected chi connectivity index (χ2v) is 12.5. The van der Waals surface area contributed by atoms with Crippen molar-refractivity contribution in [2.24, 2.45) is 0 Å². The predicted octanol–water partition coefficient (Wildman–Crippen LogP) is 3.69. The molecule has 194 valence electrons. The van der Waals surface area contributed by atoms with Crippen LogP contribution in [0.4, 0.5) is 17.2 Å². The van der Waals surface area contributed by atoms with Crippen LogP contribution >= 0.6 is 11.3 Å². The highest BCUT2D eigenvalue weighted by atomic mass is 32.2. The number of aromatic nitrogens is 1. The molecule has 0 atom stereocenters. The second kappa shape index (κ2) is 10.6. The number of carbonyl (C=O) groups excluding carboxylic acids is 1. The third-order valence-corrected chi connectivity index (χ3v) is 9.52. The highest BCUT2D eigenvalue weighted by Crippen LogP contribution is 2.26. The van der Waals surface area contributed by atoms with Gasteiger partial charge < -0.3 is 14.6 Å². The van der Waals surface area contributed by atoms with Gasteiger partial charge in [-0.25, -0.2) is 16.8 Å². The van der Waals surface area contributed by atoms with Crippen LogP contribution in [-0.2, 0) is 24.8 Å². The Hall–Kier alpha value is -3.88. The summed E-state index contributed by atoms with van der Waals surface area (Å²) in [5, 5.41) is 7.91. The van der Waals surface area contributed by atoms with E-state index >= 15 is 0 Å². The third kappa shape index (κ3) is 6.28. The number of nitrogens with zero attached hydrogens (tertiary/aromatic N) is 2. The standard InChI is InChI=1S/C23H22N4O7S3/c1-16-14-21(25-34-16)26-36(29,30)20-11-5-17(6-12-20)24-22(28)15-33-19-9-7-18(8-10-19)27(2)37(31,32)23-4-3-13-35-23/h3-14H,15H2,1-2H3,(H,24,28)(H,25,26). The number of benzene rings is 2. The first kappa shape index (κ1) is 26.2. The second-order valence-electron chi connectivity index (χ2n) is 7.69. The fraction of sp³-hybridized carbons (Fsp3) is 0.130. The molecule has 2 aromatic carbocycles. The average molecular weight is 563 g/mol. The maximum absolute atomic E-state index is 12.6. The van der Waals surface area contributed by atoms with Crippen LogP contribution in [0, 0.1) is 6.92 Å². The SMILES string of the molecule is Cc1cc(NS(=O)(=O)c2ccc(NC(=O)COc3ccc(N(C)S(=O)(=O)c4cccs4)cc3)cc2)no1. The van der Waals surface area contributed by atoms with Crippen LogP contribution in [0.5, 0.6) is 5.75 Å². The molecule has 0 spiro atoms. The number of rotatable bonds is 10. The van der Waals surface area contributed by atoms with Gasteiger partial charge in [-0.2, -0.15) is 0 Å². The fourth-order valence-electron chi connectivity index (χ4n) is 3.11. The largest absolute Gasteiger partial charge is 0.484 e. The molecule has 0 bridgehead atoms. The minimum absolute atomic E-state index is 0.0199. The van der Waals surface area contributed by atoms with Crippen LogP contribution in [0.1, 0.15) is 5.76 Å². The molecule has 0 radical (unpaired) electrons. The van der Waals surface area contributed by atoms with E-state index in [0.717, 1.165) is 11.3 Å². The van der Waals surface area contributed by atoms with Crippen molar-refractivity contribution in [3.8, 4) is 5.75 Å². The van der Waals surface area contributed by atoms with Gasteiger partial charge in [0.2, 0.25) is 0 Å². The van der Waals surface area contributed by atoms with Crippen molar-refractivity contribution >= 4 is 54.5 Å². The van der Waals surface area contributed by atoms with Crippen LogP contribution < -0.4 is 19.1 Å². The Kier molecular flexibility index (Phi) is 7.52. The summed E-state index contributed by atoms with van der Waals surface area (Å²) < 4.78 is 64.2. The van der Waals surface area contributed by atoms with Crippen molar-refractivity contribution in [3.63, 3.8) is 0 Å². The van der Waals surface area contributed by atoms with Gasteiger partial charge in [0.25, 0.3) is 26.0 Å². The van der Waals surface area contributed by atoms with Gasteiger partial charge in [-0.1, -0.05) is 11.2 Å². The van der Waals surface area contributed by atoms with Gasteiger partial charge in [0.05, 0.1) is 10.6 Å². The number of sulfonamides is 2. The lowest BCUT2D eigenvalue weighted by atomic mass is 10.3. The summed E-state index contributed by atoms with van der Waals surface area (Å²) in [5.74, 6) is 0.434. The first-order valence-electron chi connectivity index (χ1n) is 10.7. The summed E-state index contributed by atoms with van der Waals surface area (Å²) in [6.07, 6.45) is 0. The van der Waals surface area contributed by atoms with Crippen molar-refractivity contribution in [3.05, 3.63) is 77.9 Å². The predicted molar refractivity (Wildman–Crippen MR) is 139 cm³/mol. The van der Waals surface area contributed by atoms with Gasteiger partial charge >= 0.3 is 0 Å². The monoisotopic (exact) mass is 562 g/mol. The number of ether oxygens (including phenoxy) is 1. The Morgan fingerprint density at radius 3 is 2.35 bits per heavy atom. The van der Waals surface area contributed by atoms with Crippen molar-refractivity contribution in [1.82, 2.24) is 5.16 Å². The van der Waals surface area contributed by atoms with Crippen molar-refractivity contribution in [2.45, 2.75) is 16.0 Å². The first-order chi connectivity index (χ1) is 17.5. The minimum Gasteiger partial charge on any atom is -0.484 e. The lowest BCUT2D eigenvalue weighted by Crippen LogP contribution is -2.25. The lowest BCUT2D eigenvalue weighted by Gasteiger charge is -2.18. The minimum atomic E-state index is -3.87. The molecule has 11 nitrogen and oxygen atoms in total. The van der Waals surface area contributed by atoms with E-state index in [1.165, 1.54) is 47.8 Å². The van der Waals surface area contributed by atoms with Gasteiger partial charge in [0.1, 0.15) is 15.7 Å². The summed E-state index contributed by atoms with van der Waals surface area (Å²) in [6, 6.07) is 16.5. The van der Waals surface area contributed by atoms with E-state index in [4.69, 9.17) is 9.26 Å². The Labute approximate surface area is 217 Å². The number of aryl methyl sites for hydroxylation is 1. The maximum Gasteiger partial charge on any atom is 0.273 e. The zero-order valence-electron chi connectivity index (χ0n) is 19.6. The molecule has 0 aliphatic rings. The molecular weight excluding hydrogens is 540 g/mol. The molecule has 2 N–H and O–H groups in total. The molecule has 4 aromatic rings. The van der Waals surface area contributed by atoms with Crippen molar-refractivity contribution < 1.29 is 30.9 Å². The summed E-state index contributed by atoms with van der Waals surface area (Å²) >= 11 is 1.13. The van der Waals surface area contributed by atoms with Crippen molar-refractivity contribution in [2.75, 3.05) is 28.0 Å². The number of thiophene rings is 1. The average Bonchev–Trinajstić information content (AvgIpc) is 3.55. The quantitative estimate of drug-likeness (QED) is 0.297. The molecule has 0 aliphatic heterocycles. The van der Waals surface area contributed by atoms with Gasteiger partial charge in [-0.3, -0.25) is 13.8 Å². The number of anilines is 3. The Balaban J connectivity index is 1.30. The molecule has 0 unspecified atom stereocenters. The molecular formula is C23H22N4O7S3. The molecule has 0 fully saturated rings. The Morgan fingerprint density at radius 1 is 1.05 bits per heavy atom. The van der Waals surface area contributed by atoms with Crippen LogP contribution in [0.2, 0.25) is 0 Å². The summed E-state index contributed by atoms with van der Waals surface area (Å²) in [4.78, 5) is 12.3. The van der Waals surface area contributed by atoms with Crippen LogP contribution in [0.3, 0.4) is 0 Å². The van der Waals surface area contributed by atoms with Gasteiger partial charge in [-0.15, -0.1) is 11.3 Å². The smallest absolute Gasteiger partial charge is 0.273 e. The summed E-state index contributed by atoms with van der Waals surface area (Å²) in [7, 11) is -6.07. The Bertz CT molecular complexity index is 1580. The van der Waals surface area contributed by atoms with E-state index in [1.807, 2.05) is 0 Å². The van der Waals surface area contributed by atoms with E-state index in [0.29, 0.717) is 22.9 Å². The number of hydrogen-bond donors (Lipinski definition) is 2. The molecule has 4 rings (SSSR count). The van der Waals surface area contributed by atoms with E-state index < -0.39 is 26.0 Å². The molecule has 1 amide bonds. The number of hydrogen-bond acceptors (Lipinski definition) is 9. The van der Waals surface area contributed by atoms with Crippen LogP contribution in [0.15, 0.2) is 85.7 Å². The highest BCUT2D eigenvalue weighted by molar-refractivity contribution is 7.94. The number of nitrogens with one attached hydrogen (secondary N) is 2. The molecule has 0 aliphatic carbocycles. The van der Waals surface area contributed by atoms with Crippen LogP contribution in [0.25, 0.3) is 0 Å². The normalized spacial score (nSPS) is 11.6. The lowest BCUT2D eigenvalue weighted by molar-refractivity contribution is -0.118. The highest BCUT2D eigenvalue weighted by Gasteiger charge is 2.22. The van der Waals surface area contributed by atoms with Gasteiger partial charge in [0, 0.05) is 18.8 Å². The van der Waals surface area contributed by atoms with Crippen LogP contribution in [-0.4, -0.2) is 41.6 Å². The van der Waals surface area contributed by atoms with Gasteiger partial charge in [0.15, 0.2) is 12.4 Å². The topological polar surface area (TPSA) is 148 Å². The molecule has 0 saturated carbocycles. The third-order valence-electron chi connectivity index (χ3n) is 5.00. The number of carbonyl (C=O) groups is 1. The summed E-state index contributed by atoms with van der Waals surface area (Å²) in [6.45, 7) is 1.33. The maximum atomic E-state index is 12.6. The zero-order chi connectivity index (χ0) is 26.6. The first-order valence-corrected chi connectivity index (χ1v) is 14.5. The molecule has 14 heteroatoms. The molecule has 37 heavy (non-hydrogen) atoms. The fourth-order valence-corrected chi connectivity index (χ4v) is 6.45. The van der Waals surface area contributed by atoms with E-state index in [-0.39, 0.29) is 21.5 Å². The molecule has 2 heterocycles. The van der Waals surface area contributed by atoms with Crippen molar-refractivity contribution in [1.29, 1.82) is 0 Å². The van der Waals surface area contributed by atoms with Gasteiger partial charge in [-0.05, 0) is 66.9 Å². The molecule has 0 saturated heterocycles. The van der Waals surface area contributed by atoms with E-state index in [2.05, 4.69) is 15.2 Å².